The summed E-state index contributed by atoms with van der Waals surface area (Å²) in [6.45, 7) is 0. The van der Waals surface area contributed by atoms with Crippen molar-refractivity contribution in [2.75, 3.05) is 5.43 Å². The Bertz CT molecular complexity index is 469. The summed E-state index contributed by atoms with van der Waals surface area (Å²) >= 11 is 1.58. The van der Waals surface area contributed by atoms with Crippen molar-refractivity contribution in [2.45, 2.75) is 10.9 Å². The van der Waals surface area contributed by atoms with E-state index in [4.69, 9.17) is 5.84 Å². The standard InChI is InChI=1S/C9H12N6S/c1-15-9(11-6-12-15)16-5-7-3-2-4-8(13-7)14-10/h2-4,6H,5,10H2,1H3,(H,13,14). The van der Waals surface area contributed by atoms with Gasteiger partial charge in [0, 0.05) is 12.8 Å². The lowest BCUT2D eigenvalue weighted by Gasteiger charge is -2.03. The molecule has 0 unspecified atom stereocenters. The minimum atomic E-state index is 0.663. The maximum Gasteiger partial charge on any atom is 0.186 e. The van der Waals surface area contributed by atoms with Crippen LogP contribution in [0.2, 0.25) is 0 Å². The number of pyridine rings is 1. The Balaban J connectivity index is 2.02. The number of aryl methyl sites for hydroxylation is 1. The first-order valence-corrected chi connectivity index (χ1v) is 5.67. The number of nitrogens with zero attached hydrogens (tertiary/aromatic N) is 4. The van der Waals surface area contributed by atoms with Crippen molar-refractivity contribution in [3.8, 4) is 0 Å². The van der Waals surface area contributed by atoms with Crippen LogP contribution >= 0.6 is 11.8 Å². The monoisotopic (exact) mass is 236 g/mol. The Morgan fingerprint density at radius 2 is 2.38 bits per heavy atom. The summed E-state index contributed by atoms with van der Waals surface area (Å²) in [5.41, 5.74) is 3.47. The Labute approximate surface area is 97.2 Å². The van der Waals surface area contributed by atoms with E-state index in [1.54, 1.807) is 16.4 Å². The fourth-order valence-electron chi connectivity index (χ4n) is 1.20. The lowest BCUT2D eigenvalue weighted by Crippen LogP contribution is -2.08. The number of rotatable bonds is 4. The zero-order valence-electron chi connectivity index (χ0n) is 8.79. The van der Waals surface area contributed by atoms with Crippen molar-refractivity contribution in [2.24, 2.45) is 12.9 Å². The van der Waals surface area contributed by atoms with E-state index in [0.717, 1.165) is 16.6 Å². The van der Waals surface area contributed by atoms with Crippen LogP contribution in [0.15, 0.2) is 29.7 Å². The van der Waals surface area contributed by atoms with Gasteiger partial charge in [0.1, 0.15) is 12.1 Å². The Morgan fingerprint density at radius 3 is 3.06 bits per heavy atom. The van der Waals surface area contributed by atoms with Gasteiger partial charge >= 0.3 is 0 Å². The highest BCUT2D eigenvalue weighted by molar-refractivity contribution is 7.98. The van der Waals surface area contributed by atoms with Gasteiger partial charge in [-0.3, -0.25) is 0 Å². The maximum atomic E-state index is 5.29. The molecule has 0 fully saturated rings. The first-order chi connectivity index (χ1) is 7.79. The van der Waals surface area contributed by atoms with Crippen LogP contribution in [-0.2, 0) is 12.8 Å². The zero-order valence-corrected chi connectivity index (χ0v) is 9.61. The van der Waals surface area contributed by atoms with Gasteiger partial charge in [0.15, 0.2) is 5.16 Å². The van der Waals surface area contributed by atoms with E-state index in [2.05, 4.69) is 20.5 Å². The summed E-state index contributed by atoms with van der Waals surface area (Å²) in [5, 5.41) is 4.86. The number of nitrogens with one attached hydrogen (secondary N) is 1. The average molecular weight is 236 g/mol. The molecule has 0 radical (unpaired) electrons. The molecule has 0 aliphatic carbocycles. The van der Waals surface area contributed by atoms with E-state index >= 15 is 0 Å². The molecule has 0 aromatic carbocycles. The molecule has 3 N–H and O–H groups in total. The highest BCUT2D eigenvalue weighted by Gasteiger charge is 2.03. The molecular formula is C9H12N6S. The molecule has 2 rings (SSSR count). The zero-order chi connectivity index (χ0) is 11.4. The van der Waals surface area contributed by atoms with Gasteiger partial charge in [-0.05, 0) is 12.1 Å². The van der Waals surface area contributed by atoms with E-state index < -0.39 is 0 Å². The Morgan fingerprint density at radius 1 is 1.50 bits per heavy atom. The third kappa shape index (κ3) is 2.50. The van der Waals surface area contributed by atoms with Gasteiger partial charge in [0.2, 0.25) is 0 Å². The first-order valence-electron chi connectivity index (χ1n) is 4.69. The number of nitrogens with two attached hydrogens (primary N) is 1. The summed E-state index contributed by atoms with van der Waals surface area (Å²) in [4.78, 5) is 8.43. The lowest BCUT2D eigenvalue weighted by molar-refractivity contribution is 0.685. The third-order valence-corrected chi connectivity index (χ3v) is 3.04. The van der Waals surface area contributed by atoms with Crippen LogP contribution in [0.5, 0.6) is 0 Å². The van der Waals surface area contributed by atoms with E-state index in [1.807, 2.05) is 25.2 Å². The predicted octanol–water partition coefficient (Wildman–Crippen LogP) is 0.788. The van der Waals surface area contributed by atoms with Crippen molar-refractivity contribution in [1.29, 1.82) is 0 Å². The van der Waals surface area contributed by atoms with Crippen molar-refractivity contribution in [3.05, 3.63) is 30.2 Å². The summed E-state index contributed by atoms with van der Waals surface area (Å²) in [6, 6.07) is 5.68. The predicted molar refractivity (Wildman–Crippen MR) is 62.6 cm³/mol. The molecule has 0 amide bonds. The highest BCUT2D eigenvalue weighted by Crippen LogP contribution is 2.19. The molecule has 0 saturated heterocycles. The smallest absolute Gasteiger partial charge is 0.186 e. The van der Waals surface area contributed by atoms with E-state index in [9.17, 15) is 0 Å². The molecule has 2 heterocycles. The van der Waals surface area contributed by atoms with Crippen LogP contribution in [0.1, 0.15) is 5.69 Å². The van der Waals surface area contributed by atoms with Gasteiger partial charge in [0.25, 0.3) is 0 Å². The van der Waals surface area contributed by atoms with Crippen LogP contribution < -0.4 is 11.3 Å². The van der Waals surface area contributed by atoms with Crippen LogP contribution in [-0.4, -0.2) is 19.7 Å². The number of aromatic nitrogens is 4. The maximum absolute atomic E-state index is 5.29. The normalized spacial score (nSPS) is 10.4. The van der Waals surface area contributed by atoms with Gasteiger partial charge in [-0.15, -0.1) is 0 Å². The Hall–Kier alpha value is -1.60. The SMILES string of the molecule is Cn1ncnc1SCc1cccc(NN)n1. The summed E-state index contributed by atoms with van der Waals surface area (Å²) in [6.07, 6.45) is 1.54. The molecule has 2 aromatic rings. The van der Waals surface area contributed by atoms with Crippen LogP contribution in [0.3, 0.4) is 0 Å². The molecule has 16 heavy (non-hydrogen) atoms. The molecule has 0 saturated carbocycles. The van der Waals surface area contributed by atoms with E-state index in [1.165, 1.54) is 6.33 Å². The number of hydrazine groups is 1. The number of hydrogen-bond acceptors (Lipinski definition) is 6. The number of nitrogen functional groups attached to an aromatic ring is 1. The molecule has 6 nitrogen and oxygen atoms in total. The minimum Gasteiger partial charge on any atom is -0.308 e. The van der Waals surface area contributed by atoms with E-state index in [-0.39, 0.29) is 0 Å². The molecule has 0 spiro atoms. The molecular weight excluding hydrogens is 224 g/mol. The topological polar surface area (TPSA) is 81.7 Å². The number of anilines is 1. The average Bonchev–Trinajstić information content (AvgIpc) is 2.72. The van der Waals surface area contributed by atoms with Crippen molar-refractivity contribution < 1.29 is 0 Å². The molecule has 7 heteroatoms. The van der Waals surface area contributed by atoms with E-state index in [0.29, 0.717) is 5.82 Å². The van der Waals surface area contributed by atoms with Gasteiger partial charge in [-0.2, -0.15) is 5.10 Å². The van der Waals surface area contributed by atoms with Gasteiger partial charge in [-0.25, -0.2) is 20.5 Å². The van der Waals surface area contributed by atoms with Gasteiger partial charge in [0.05, 0.1) is 5.69 Å². The fourth-order valence-corrected chi connectivity index (χ4v) is 1.99. The lowest BCUT2D eigenvalue weighted by atomic mass is 10.4. The molecule has 0 atom stereocenters. The van der Waals surface area contributed by atoms with Gasteiger partial charge in [-0.1, -0.05) is 17.8 Å². The second kappa shape index (κ2) is 4.95. The third-order valence-electron chi connectivity index (χ3n) is 1.97. The molecule has 84 valence electrons. The first kappa shape index (κ1) is 10.9. The molecule has 0 aliphatic heterocycles. The summed E-state index contributed by atoms with van der Waals surface area (Å²) in [7, 11) is 1.86. The molecule has 0 aliphatic rings. The van der Waals surface area contributed by atoms with Crippen LogP contribution in [0.25, 0.3) is 0 Å². The highest BCUT2D eigenvalue weighted by atomic mass is 32.2. The van der Waals surface area contributed by atoms with Crippen molar-refractivity contribution >= 4 is 17.6 Å². The second-order valence-corrected chi connectivity index (χ2v) is 4.06. The van der Waals surface area contributed by atoms with Crippen molar-refractivity contribution in [1.82, 2.24) is 19.7 Å². The Kier molecular flexibility index (Phi) is 3.37. The molecule has 0 bridgehead atoms. The summed E-state index contributed by atoms with van der Waals surface area (Å²) in [5.74, 6) is 6.69. The number of hydrogen-bond donors (Lipinski definition) is 2. The van der Waals surface area contributed by atoms with Crippen molar-refractivity contribution in [3.63, 3.8) is 0 Å². The largest absolute Gasteiger partial charge is 0.308 e. The van der Waals surface area contributed by atoms with Crippen LogP contribution in [0, 0.1) is 0 Å². The van der Waals surface area contributed by atoms with Gasteiger partial charge < -0.3 is 5.43 Å². The fraction of sp³-hybridized carbons (Fsp3) is 0.222. The minimum absolute atomic E-state index is 0.663. The summed E-state index contributed by atoms with van der Waals surface area (Å²) < 4.78 is 1.73. The quantitative estimate of drug-likeness (QED) is 0.464. The molecule has 2 aromatic heterocycles. The van der Waals surface area contributed by atoms with Crippen LogP contribution in [0.4, 0.5) is 5.82 Å². The number of thioether (sulfide) groups is 1. The second-order valence-electron chi connectivity index (χ2n) is 3.11.